The Balaban J connectivity index is 1.88. The minimum atomic E-state index is -4.01. The molecule has 1 aliphatic heterocycles. The van der Waals surface area contributed by atoms with E-state index >= 15 is 0 Å². The van der Waals surface area contributed by atoms with Crippen LogP contribution in [0.4, 0.5) is 5.95 Å². The highest BCUT2D eigenvalue weighted by Gasteiger charge is 2.45. The number of hydrogen-bond donors (Lipinski definition) is 5. The van der Waals surface area contributed by atoms with Crippen LogP contribution in [0.5, 0.6) is 0 Å². The number of nitrogens with zero attached hydrogens (tertiary/aromatic N) is 3. The largest absolute Gasteiger partial charge is 0.387 e. The normalized spacial score (nSPS) is 28.9. The van der Waals surface area contributed by atoms with Crippen LogP contribution in [0.1, 0.15) is 6.23 Å². The van der Waals surface area contributed by atoms with Gasteiger partial charge in [-0.2, -0.15) is 4.98 Å². The van der Waals surface area contributed by atoms with Crippen LogP contribution in [0.25, 0.3) is 11.2 Å². The van der Waals surface area contributed by atoms with Crippen molar-refractivity contribution in [1.82, 2.24) is 19.5 Å². The molecule has 6 N–H and O–H groups in total. The first-order valence-electron chi connectivity index (χ1n) is 7.08. The third kappa shape index (κ3) is 3.23. The lowest BCUT2D eigenvalue weighted by Crippen LogP contribution is -2.33. The predicted molar refractivity (Wildman–Crippen MR) is 84.5 cm³/mol. The number of fused-ring (bicyclic) bond motifs is 1. The summed E-state index contributed by atoms with van der Waals surface area (Å²) < 4.78 is 22.9. The van der Waals surface area contributed by atoms with E-state index in [1.807, 2.05) is 0 Å². The van der Waals surface area contributed by atoms with Crippen LogP contribution in [-0.2, 0) is 13.8 Å². The zero-order chi connectivity index (χ0) is 18.4. The number of aromatic amines is 1. The second-order valence-corrected chi connectivity index (χ2v) is 7.12. The van der Waals surface area contributed by atoms with Crippen molar-refractivity contribution in [2.45, 2.75) is 24.5 Å². The monoisotopic (exact) mass is 373 g/mol. The van der Waals surface area contributed by atoms with Crippen molar-refractivity contribution < 1.29 is 28.9 Å². The van der Waals surface area contributed by atoms with Crippen LogP contribution in [-0.4, -0.2) is 59.5 Å². The number of ether oxygens (including phenoxy) is 1. The number of H-pyrrole nitrogens is 1. The summed E-state index contributed by atoms with van der Waals surface area (Å²) in [6.07, 6.45) is -3.88. The maximum Gasteiger partial charge on any atom is 0.351 e. The van der Waals surface area contributed by atoms with Crippen LogP contribution in [0.15, 0.2) is 23.5 Å². The van der Waals surface area contributed by atoms with E-state index in [1.165, 1.54) is 10.9 Å². The second-order valence-electron chi connectivity index (χ2n) is 5.36. The van der Waals surface area contributed by atoms with Gasteiger partial charge in [0, 0.05) is 5.82 Å². The number of nitrogen functional groups attached to an aromatic ring is 1. The fourth-order valence-electron chi connectivity index (χ4n) is 2.46. The van der Waals surface area contributed by atoms with Crippen molar-refractivity contribution in [3.63, 3.8) is 0 Å². The topological polar surface area (TPSA) is 186 Å². The summed E-state index contributed by atoms with van der Waals surface area (Å²) in [7, 11) is -4.01. The quantitative estimate of drug-likeness (QED) is 0.393. The van der Waals surface area contributed by atoms with Crippen molar-refractivity contribution in [2.75, 3.05) is 12.3 Å². The van der Waals surface area contributed by atoms with Gasteiger partial charge in [0.1, 0.15) is 18.3 Å². The van der Waals surface area contributed by atoms with Crippen molar-refractivity contribution >= 4 is 24.7 Å². The summed E-state index contributed by atoms with van der Waals surface area (Å²) in [5.74, 6) is 0.587. The molecule has 2 aromatic heterocycles. The minimum Gasteiger partial charge on any atom is -0.387 e. The third-order valence-corrected chi connectivity index (χ3v) is 4.70. The summed E-state index contributed by atoms with van der Waals surface area (Å²) in [6, 6.07) is 0. The summed E-state index contributed by atoms with van der Waals surface area (Å²) in [4.78, 5) is 31.2. The number of hydrogen-bond acceptors (Lipinski definition) is 9. The van der Waals surface area contributed by atoms with Gasteiger partial charge in [-0.1, -0.05) is 6.58 Å². The molecule has 0 saturated carbocycles. The number of nitrogens with two attached hydrogens (primary N) is 1. The molecule has 13 heteroatoms. The SMILES string of the molecule is C=CP(=O)(O)OC[C@H]1O[C@@H](n2cnc3c(=O)[nH]c(N)nc32)[C@H](O)[C@@H]1O. The van der Waals surface area contributed by atoms with Gasteiger partial charge in [-0.15, -0.1) is 0 Å². The average molecular weight is 373 g/mol. The molecule has 5 atom stereocenters. The molecule has 0 aliphatic carbocycles. The van der Waals surface area contributed by atoms with Gasteiger partial charge >= 0.3 is 7.60 Å². The van der Waals surface area contributed by atoms with E-state index in [1.54, 1.807) is 0 Å². The van der Waals surface area contributed by atoms with Gasteiger partial charge in [0.25, 0.3) is 5.56 Å². The highest BCUT2D eigenvalue weighted by atomic mass is 31.2. The van der Waals surface area contributed by atoms with Crippen molar-refractivity contribution in [3.8, 4) is 0 Å². The van der Waals surface area contributed by atoms with E-state index in [9.17, 15) is 24.5 Å². The van der Waals surface area contributed by atoms with E-state index in [-0.39, 0.29) is 17.1 Å². The van der Waals surface area contributed by atoms with E-state index < -0.39 is 44.3 Å². The number of aliphatic hydroxyl groups excluding tert-OH is 2. The maximum atomic E-state index is 11.8. The molecule has 0 radical (unpaired) electrons. The van der Waals surface area contributed by atoms with Gasteiger partial charge in [0.05, 0.1) is 12.9 Å². The molecule has 136 valence electrons. The summed E-state index contributed by atoms with van der Waals surface area (Å²) >= 11 is 0. The van der Waals surface area contributed by atoms with Gasteiger partial charge in [-0.3, -0.25) is 18.9 Å². The van der Waals surface area contributed by atoms with Crippen molar-refractivity contribution in [3.05, 3.63) is 29.1 Å². The first-order chi connectivity index (χ1) is 11.7. The van der Waals surface area contributed by atoms with Gasteiger partial charge in [0.2, 0.25) is 5.95 Å². The van der Waals surface area contributed by atoms with E-state index in [4.69, 9.17) is 15.0 Å². The Morgan fingerprint density at radius 3 is 2.92 bits per heavy atom. The number of rotatable bonds is 5. The Hall–Kier alpha value is -2.08. The lowest BCUT2D eigenvalue weighted by atomic mass is 10.1. The fourth-order valence-corrected chi connectivity index (χ4v) is 2.92. The van der Waals surface area contributed by atoms with Crippen LogP contribution < -0.4 is 11.3 Å². The first kappa shape index (κ1) is 17.7. The molecule has 0 bridgehead atoms. The molecular weight excluding hydrogens is 357 g/mol. The number of nitrogens with one attached hydrogen (secondary N) is 1. The third-order valence-electron chi connectivity index (χ3n) is 3.72. The molecule has 3 heterocycles. The molecule has 0 spiro atoms. The van der Waals surface area contributed by atoms with Crippen molar-refractivity contribution in [1.29, 1.82) is 0 Å². The smallest absolute Gasteiger partial charge is 0.351 e. The Morgan fingerprint density at radius 1 is 1.52 bits per heavy atom. The minimum absolute atomic E-state index is 0.0225. The van der Waals surface area contributed by atoms with Gasteiger partial charge in [-0.05, 0) is 0 Å². The van der Waals surface area contributed by atoms with Crippen LogP contribution in [0.2, 0.25) is 0 Å². The molecule has 3 rings (SSSR count). The Labute approximate surface area is 140 Å². The Morgan fingerprint density at radius 2 is 2.24 bits per heavy atom. The van der Waals surface area contributed by atoms with E-state index in [0.717, 1.165) is 5.82 Å². The maximum absolute atomic E-state index is 11.8. The highest BCUT2D eigenvalue weighted by Crippen LogP contribution is 2.44. The summed E-state index contributed by atoms with van der Waals surface area (Å²) in [6.45, 7) is 2.70. The van der Waals surface area contributed by atoms with E-state index in [0.29, 0.717) is 0 Å². The zero-order valence-corrected chi connectivity index (χ0v) is 13.6. The number of anilines is 1. The zero-order valence-electron chi connectivity index (χ0n) is 12.7. The second kappa shape index (κ2) is 6.33. The highest BCUT2D eigenvalue weighted by molar-refractivity contribution is 7.56. The summed E-state index contributed by atoms with van der Waals surface area (Å²) in [5.41, 5.74) is 4.97. The predicted octanol–water partition coefficient (Wildman–Crippen LogP) is -1.33. The molecule has 0 amide bonds. The summed E-state index contributed by atoms with van der Waals surface area (Å²) in [5, 5.41) is 20.3. The lowest BCUT2D eigenvalue weighted by molar-refractivity contribution is -0.0481. The van der Waals surface area contributed by atoms with Crippen LogP contribution >= 0.6 is 7.60 Å². The van der Waals surface area contributed by atoms with Crippen LogP contribution in [0, 0.1) is 0 Å². The molecule has 1 fully saturated rings. The molecular formula is C12H16N5O7P. The fraction of sp³-hybridized carbons (Fsp3) is 0.417. The standard InChI is InChI=1S/C12H16N5O7P/c1-2-25(21,22)23-3-5-7(18)8(19)11(24-5)17-4-14-6-9(17)15-12(13)16-10(6)20/h2,4-5,7-8,11,18-19H,1,3H2,(H,21,22)(H3,13,15,16,20)/t5-,7-,8-,11-/m1/s1. The molecule has 12 nitrogen and oxygen atoms in total. The number of imidazole rings is 1. The first-order valence-corrected chi connectivity index (χ1v) is 8.72. The van der Waals surface area contributed by atoms with Crippen LogP contribution in [0.3, 0.4) is 0 Å². The van der Waals surface area contributed by atoms with Gasteiger partial charge in [0.15, 0.2) is 17.4 Å². The van der Waals surface area contributed by atoms with Crippen molar-refractivity contribution in [2.24, 2.45) is 0 Å². The van der Waals surface area contributed by atoms with Gasteiger partial charge < -0.3 is 30.1 Å². The van der Waals surface area contributed by atoms with Gasteiger partial charge in [-0.25, -0.2) is 4.98 Å². The Bertz CT molecular complexity index is 911. The molecule has 25 heavy (non-hydrogen) atoms. The number of aromatic nitrogens is 4. The molecule has 2 aromatic rings. The number of aliphatic hydroxyl groups is 2. The molecule has 1 unspecified atom stereocenters. The van der Waals surface area contributed by atoms with E-state index in [2.05, 4.69) is 21.5 Å². The molecule has 1 saturated heterocycles. The molecule has 0 aromatic carbocycles. The average Bonchev–Trinajstić information content (AvgIpc) is 3.08. The molecule has 1 aliphatic rings. The lowest BCUT2D eigenvalue weighted by Gasteiger charge is -2.16. The Kier molecular flexibility index (Phi) is 4.49.